The van der Waals surface area contributed by atoms with Gasteiger partial charge in [0.2, 0.25) is 0 Å². The van der Waals surface area contributed by atoms with Crippen LogP contribution in [0.15, 0.2) is 10.5 Å². The zero-order chi connectivity index (χ0) is 8.72. The number of allylic oxidation sites excluding steroid dienone is 1. The van der Waals surface area contributed by atoms with Crippen LogP contribution in [-0.4, -0.2) is 24.7 Å². The lowest BCUT2D eigenvalue weighted by atomic mass is 10.00. The van der Waals surface area contributed by atoms with Gasteiger partial charge < -0.3 is 4.74 Å². The molecule has 0 radical (unpaired) electrons. The topological polar surface area (TPSA) is 26.3 Å². The summed E-state index contributed by atoms with van der Waals surface area (Å²) in [5, 5.41) is 0. The highest BCUT2D eigenvalue weighted by atomic mass is 32.2. The summed E-state index contributed by atoms with van der Waals surface area (Å²) in [5.74, 6) is 0.706. The number of ether oxygens (including phenoxy) is 1. The first-order valence-corrected chi connectivity index (χ1v) is 5.38. The molecule has 0 aromatic rings. The zero-order valence-corrected chi connectivity index (χ0v) is 8.11. The molecule has 1 saturated heterocycles. The molecule has 3 heteroatoms. The van der Waals surface area contributed by atoms with Crippen molar-refractivity contribution >= 4 is 17.5 Å². The Labute approximate surface area is 76.4 Å². The maximum atomic E-state index is 11.4. The van der Waals surface area contributed by atoms with Crippen molar-refractivity contribution in [3.63, 3.8) is 0 Å². The summed E-state index contributed by atoms with van der Waals surface area (Å²) >= 11 is 1.57. The quantitative estimate of drug-likeness (QED) is 0.619. The van der Waals surface area contributed by atoms with Crippen LogP contribution in [0.5, 0.6) is 0 Å². The Balaban J connectivity index is 2.34. The molecule has 0 bridgehead atoms. The van der Waals surface area contributed by atoms with Crippen molar-refractivity contribution in [2.75, 3.05) is 12.9 Å². The number of carbonyl (C=O) groups is 1. The van der Waals surface area contributed by atoms with Gasteiger partial charge in [0.15, 0.2) is 5.78 Å². The fraction of sp³-hybridized carbons (Fsp3) is 0.667. The molecule has 0 aromatic heterocycles. The van der Waals surface area contributed by atoms with E-state index in [0.717, 1.165) is 4.91 Å². The number of Topliss-reactive ketones (excluding diaryl/α,β-unsaturated/α-hetero) is 1. The fourth-order valence-electron chi connectivity index (χ4n) is 1.97. The lowest BCUT2D eigenvalue weighted by Crippen LogP contribution is -2.11. The van der Waals surface area contributed by atoms with Crippen molar-refractivity contribution in [3.8, 4) is 0 Å². The Bertz CT molecular complexity index is 257. The van der Waals surface area contributed by atoms with Crippen molar-refractivity contribution in [1.29, 1.82) is 0 Å². The number of hydrogen-bond acceptors (Lipinski definition) is 3. The van der Waals surface area contributed by atoms with Crippen LogP contribution in [0.25, 0.3) is 0 Å². The van der Waals surface area contributed by atoms with Crippen LogP contribution in [0.1, 0.15) is 13.3 Å². The van der Waals surface area contributed by atoms with E-state index >= 15 is 0 Å². The Morgan fingerprint density at radius 2 is 2.33 bits per heavy atom. The Morgan fingerprint density at radius 1 is 1.58 bits per heavy atom. The Morgan fingerprint density at radius 3 is 3.00 bits per heavy atom. The third-order valence-corrected chi connectivity index (χ3v) is 3.57. The van der Waals surface area contributed by atoms with E-state index in [1.54, 1.807) is 11.8 Å². The van der Waals surface area contributed by atoms with Gasteiger partial charge in [-0.05, 0) is 18.8 Å². The van der Waals surface area contributed by atoms with Crippen LogP contribution in [0.4, 0.5) is 0 Å². The number of fused-ring (bicyclic) bond motifs is 1. The van der Waals surface area contributed by atoms with Gasteiger partial charge in [0.05, 0.1) is 17.6 Å². The van der Waals surface area contributed by atoms with Crippen molar-refractivity contribution in [1.82, 2.24) is 0 Å². The first kappa shape index (κ1) is 8.32. The molecule has 1 fully saturated rings. The van der Waals surface area contributed by atoms with E-state index < -0.39 is 0 Å². The molecular weight excluding hydrogens is 172 g/mol. The van der Waals surface area contributed by atoms with E-state index in [-0.39, 0.29) is 6.10 Å². The van der Waals surface area contributed by atoms with Gasteiger partial charge in [0.25, 0.3) is 0 Å². The second kappa shape index (κ2) is 2.89. The van der Waals surface area contributed by atoms with Gasteiger partial charge in [-0.2, -0.15) is 0 Å². The predicted molar refractivity (Wildman–Crippen MR) is 49.1 cm³/mol. The van der Waals surface area contributed by atoms with Crippen LogP contribution < -0.4 is 0 Å². The maximum Gasteiger partial charge on any atom is 0.169 e. The van der Waals surface area contributed by atoms with Crippen molar-refractivity contribution in [3.05, 3.63) is 10.5 Å². The number of ketones is 1. The molecule has 0 saturated carbocycles. The van der Waals surface area contributed by atoms with E-state index in [1.807, 2.05) is 13.2 Å². The number of hydrogen-bond donors (Lipinski definition) is 0. The molecule has 2 atom stereocenters. The van der Waals surface area contributed by atoms with Gasteiger partial charge in [-0.15, -0.1) is 11.8 Å². The average Bonchev–Trinajstić information content (AvgIpc) is 2.52. The monoisotopic (exact) mass is 184 g/mol. The van der Waals surface area contributed by atoms with Crippen LogP contribution in [0.2, 0.25) is 0 Å². The summed E-state index contributed by atoms with van der Waals surface area (Å²) in [6.07, 6.45) is 2.88. The molecule has 66 valence electrons. The number of rotatable bonds is 1. The highest BCUT2D eigenvalue weighted by Crippen LogP contribution is 2.41. The number of carbonyl (C=O) groups excluding carboxylic acids is 1. The molecule has 1 aliphatic heterocycles. The second-order valence-corrected chi connectivity index (χ2v) is 4.12. The van der Waals surface area contributed by atoms with Gasteiger partial charge in [0.1, 0.15) is 0 Å². The number of thioether (sulfide) groups is 1. The minimum atomic E-state index is 0.244. The van der Waals surface area contributed by atoms with Gasteiger partial charge in [0, 0.05) is 12.3 Å². The Kier molecular flexibility index (Phi) is 2.00. The first-order valence-electron chi connectivity index (χ1n) is 4.16. The smallest absolute Gasteiger partial charge is 0.169 e. The molecule has 0 N–H and O–H groups in total. The molecule has 1 aliphatic carbocycles. The van der Waals surface area contributed by atoms with Gasteiger partial charge in [-0.25, -0.2) is 0 Å². The van der Waals surface area contributed by atoms with Crippen molar-refractivity contribution in [2.45, 2.75) is 19.4 Å². The third kappa shape index (κ3) is 1.04. The van der Waals surface area contributed by atoms with E-state index in [4.69, 9.17) is 4.74 Å². The molecule has 0 unspecified atom stereocenters. The van der Waals surface area contributed by atoms with E-state index in [2.05, 4.69) is 0 Å². The molecule has 0 aromatic carbocycles. The summed E-state index contributed by atoms with van der Waals surface area (Å²) in [6.45, 7) is 2.72. The molecular formula is C9H12O2S. The van der Waals surface area contributed by atoms with E-state index in [0.29, 0.717) is 24.7 Å². The highest BCUT2D eigenvalue weighted by molar-refractivity contribution is 8.03. The van der Waals surface area contributed by atoms with Crippen molar-refractivity contribution < 1.29 is 9.53 Å². The first-order chi connectivity index (χ1) is 5.74. The van der Waals surface area contributed by atoms with E-state index in [9.17, 15) is 4.79 Å². The van der Waals surface area contributed by atoms with Crippen molar-refractivity contribution in [2.24, 2.45) is 5.92 Å². The van der Waals surface area contributed by atoms with E-state index in [1.165, 1.54) is 5.57 Å². The maximum absolute atomic E-state index is 11.4. The summed E-state index contributed by atoms with van der Waals surface area (Å²) < 4.78 is 5.48. The summed E-state index contributed by atoms with van der Waals surface area (Å²) in [7, 11) is 0. The SMILES string of the molecule is CSC1=C2CO[C@@H](C)[C@@H]2CC1=O. The van der Waals surface area contributed by atoms with Gasteiger partial charge in [-0.1, -0.05) is 0 Å². The minimum Gasteiger partial charge on any atom is -0.373 e. The molecule has 0 amide bonds. The minimum absolute atomic E-state index is 0.244. The zero-order valence-electron chi connectivity index (χ0n) is 7.29. The fourth-order valence-corrected chi connectivity index (χ4v) is 2.75. The lowest BCUT2D eigenvalue weighted by Gasteiger charge is -2.07. The van der Waals surface area contributed by atoms with Crippen LogP contribution in [-0.2, 0) is 9.53 Å². The van der Waals surface area contributed by atoms with Crippen LogP contribution in [0.3, 0.4) is 0 Å². The summed E-state index contributed by atoms with van der Waals surface area (Å²) in [5.41, 5.74) is 1.25. The van der Waals surface area contributed by atoms with Crippen LogP contribution >= 0.6 is 11.8 Å². The van der Waals surface area contributed by atoms with Crippen LogP contribution in [0, 0.1) is 5.92 Å². The molecule has 12 heavy (non-hydrogen) atoms. The summed E-state index contributed by atoms with van der Waals surface area (Å²) in [4.78, 5) is 12.4. The third-order valence-electron chi connectivity index (χ3n) is 2.67. The largest absolute Gasteiger partial charge is 0.373 e. The highest BCUT2D eigenvalue weighted by Gasteiger charge is 2.39. The molecule has 0 spiro atoms. The molecule has 1 heterocycles. The van der Waals surface area contributed by atoms with Gasteiger partial charge in [-0.3, -0.25) is 4.79 Å². The predicted octanol–water partition coefficient (Wildman–Crippen LogP) is 1.61. The molecule has 2 aliphatic rings. The molecule has 2 rings (SSSR count). The molecule has 2 nitrogen and oxygen atoms in total. The lowest BCUT2D eigenvalue weighted by molar-refractivity contribution is -0.115. The summed E-state index contributed by atoms with van der Waals surface area (Å²) in [6, 6.07) is 0. The van der Waals surface area contributed by atoms with Gasteiger partial charge >= 0.3 is 0 Å². The standard InChI is InChI=1S/C9H12O2S/c1-5-6-3-8(10)9(12-2)7(6)4-11-5/h5-6H,3-4H2,1-2H3/t5-,6-/m0/s1. The average molecular weight is 184 g/mol. The normalized spacial score (nSPS) is 34.7. The second-order valence-electron chi connectivity index (χ2n) is 3.31. The Hall–Kier alpha value is -0.280.